The number of halogens is 1. The minimum Gasteiger partial charge on any atom is -0.351 e. The van der Waals surface area contributed by atoms with Crippen LogP contribution in [0.3, 0.4) is 0 Å². The summed E-state index contributed by atoms with van der Waals surface area (Å²) in [4.78, 5) is 17.8. The molecule has 0 fully saturated rings. The number of amides is 1. The molecule has 0 saturated heterocycles. The maximum Gasteiger partial charge on any atom is 0.223 e. The molecule has 1 aromatic heterocycles. The van der Waals surface area contributed by atoms with Crippen molar-refractivity contribution in [2.45, 2.75) is 44.7 Å². The monoisotopic (exact) mass is 437 g/mol. The Bertz CT molecular complexity index is 1020. The van der Waals surface area contributed by atoms with E-state index >= 15 is 0 Å². The molecule has 0 aliphatic carbocycles. The lowest BCUT2D eigenvalue weighted by atomic mass is 9.79. The highest BCUT2D eigenvalue weighted by atomic mass is 79.9. The van der Waals surface area contributed by atoms with Crippen LogP contribution in [0.15, 0.2) is 65.4 Å². The van der Waals surface area contributed by atoms with E-state index in [9.17, 15) is 4.79 Å². The molecular weight excluding hydrogens is 414 g/mol. The number of imidazole rings is 1. The number of rotatable bonds is 5. The highest BCUT2D eigenvalue weighted by molar-refractivity contribution is 9.10. The molecule has 1 aliphatic heterocycles. The third kappa shape index (κ3) is 2.98. The van der Waals surface area contributed by atoms with Gasteiger partial charge < -0.3 is 9.88 Å². The fourth-order valence-electron chi connectivity index (χ4n) is 4.02. The van der Waals surface area contributed by atoms with E-state index in [0.717, 1.165) is 33.4 Å². The summed E-state index contributed by atoms with van der Waals surface area (Å²) in [6.07, 6.45) is 4.98. The van der Waals surface area contributed by atoms with Gasteiger partial charge in [0.25, 0.3) is 0 Å². The summed E-state index contributed by atoms with van der Waals surface area (Å²) in [6, 6.07) is 16.5. The van der Waals surface area contributed by atoms with Gasteiger partial charge in [-0.3, -0.25) is 4.79 Å². The lowest BCUT2D eigenvalue weighted by Gasteiger charge is -2.35. The second kappa shape index (κ2) is 6.89. The normalized spacial score (nSPS) is 17.9. The highest BCUT2D eigenvalue weighted by Crippen LogP contribution is 2.49. The van der Waals surface area contributed by atoms with Crippen LogP contribution in [0.25, 0.3) is 11.4 Å². The lowest BCUT2D eigenvalue weighted by Crippen LogP contribution is -2.47. The summed E-state index contributed by atoms with van der Waals surface area (Å²) < 4.78 is 3.17. The fraction of sp³-hybridized carbons (Fsp3) is 0.304. The van der Waals surface area contributed by atoms with Gasteiger partial charge in [0.1, 0.15) is 11.4 Å². The van der Waals surface area contributed by atoms with Crippen LogP contribution >= 0.6 is 15.9 Å². The molecule has 1 N–H and O–H groups in total. The number of hydrogen-bond acceptors (Lipinski definition) is 2. The predicted octanol–water partition coefficient (Wildman–Crippen LogP) is 5.11. The molecule has 1 atom stereocenters. The third-order valence-corrected chi connectivity index (χ3v) is 6.29. The molecule has 4 nitrogen and oxygen atoms in total. The number of nitrogens with zero attached hydrogens (tertiary/aromatic N) is 2. The van der Waals surface area contributed by atoms with Crippen LogP contribution in [-0.4, -0.2) is 21.0 Å². The minimum absolute atomic E-state index is 0.0334. The van der Waals surface area contributed by atoms with Gasteiger partial charge in [0.05, 0.1) is 6.42 Å². The van der Waals surface area contributed by atoms with Gasteiger partial charge in [0.2, 0.25) is 5.91 Å². The van der Waals surface area contributed by atoms with Crippen LogP contribution in [0.5, 0.6) is 0 Å². The molecule has 2 aromatic carbocycles. The number of nitrogens with one attached hydrogen (secondary N) is 1. The molecule has 0 spiro atoms. The van der Waals surface area contributed by atoms with Crippen LogP contribution < -0.4 is 5.32 Å². The van der Waals surface area contributed by atoms with Crippen LogP contribution in [0, 0.1) is 0 Å². The Kier molecular flexibility index (Phi) is 4.66. The summed E-state index contributed by atoms with van der Waals surface area (Å²) in [7, 11) is 0. The van der Waals surface area contributed by atoms with Crippen molar-refractivity contribution in [1.82, 2.24) is 14.9 Å². The van der Waals surface area contributed by atoms with Crippen molar-refractivity contribution in [3.05, 3.63) is 76.5 Å². The molecule has 1 unspecified atom stereocenters. The summed E-state index contributed by atoms with van der Waals surface area (Å²) in [5, 5.41) is 3.21. The molecule has 5 heteroatoms. The first-order valence-corrected chi connectivity index (χ1v) is 10.4. The first-order chi connectivity index (χ1) is 13.4. The number of fused-ring (bicyclic) bond motifs is 3. The summed E-state index contributed by atoms with van der Waals surface area (Å²) in [6.45, 7) is 6.20. The molecule has 0 saturated carbocycles. The van der Waals surface area contributed by atoms with E-state index in [-0.39, 0.29) is 11.4 Å². The maximum atomic E-state index is 13.2. The average Bonchev–Trinajstić information content (AvgIpc) is 3.24. The molecule has 1 amide bonds. The number of carbonyl (C=O) groups excluding carboxylic acids is 1. The zero-order valence-electron chi connectivity index (χ0n) is 16.4. The lowest BCUT2D eigenvalue weighted by molar-refractivity contribution is -0.123. The van der Waals surface area contributed by atoms with Crippen LogP contribution in [0.2, 0.25) is 0 Å². The van der Waals surface area contributed by atoms with Crippen molar-refractivity contribution in [1.29, 1.82) is 0 Å². The molecule has 3 aromatic rings. The maximum absolute atomic E-state index is 13.2. The third-order valence-electron chi connectivity index (χ3n) is 5.77. The predicted molar refractivity (Wildman–Crippen MR) is 115 cm³/mol. The quantitative estimate of drug-likeness (QED) is 0.602. The topological polar surface area (TPSA) is 46.9 Å². The van der Waals surface area contributed by atoms with Crippen LogP contribution in [-0.2, 0) is 10.3 Å². The average molecular weight is 438 g/mol. The Morgan fingerprint density at radius 1 is 1.18 bits per heavy atom. The molecule has 2 heterocycles. The van der Waals surface area contributed by atoms with Crippen LogP contribution in [0.4, 0.5) is 0 Å². The smallest absolute Gasteiger partial charge is 0.223 e. The highest BCUT2D eigenvalue weighted by Gasteiger charge is 2.46. The van der Waals surface area contributed by atoms with Gasteiger partial charge in [-0.15, -0.1) is 0 Å². The number of hydrogen-bond donors (Lipinski definition) is 1. The number of benzene rings is 2. The van der Waals surface area contributed by atoms with E-state index in [4.69, 9.17) is 0 Å². The van der Waals surface area contributed by atoms with Crippen molar-refractivity contribution in [3.8, 4) is 11.4 Å². The molecule has 0 radical (unpaired) electrons. The molecular formula is C23H24BrN3O. The van der Waals surface area contributed by atoms with Gasteiger partial charge in [-0.1, -0.05) is 59.3 Å². The van der Waals surface area contributed by atoms with Crippen molar-refractivity contribution >= 4 is 21.8 Å². The minimum atomic E-state index is -0.614. The Morgan fingerprint density at radius 3 is 2.61 bits per heavy atom. The molecule has 1 aliphatic rings. The SMILES string of the molecule is CCC(C)(C)NC(=O)CC1(c2ccc(Br)cc2)c2ccccc2-c2nccn21. The summed E-state index contributed by atoms with van der Waals surface area (Å²) in [5.41, 5.74) is 2.41. The van der Waals surface area contributed by atoms with E-state index < -0.39 is 5.54 Å². The molecule has 0 bridgehead atoms. The van der Waals surface area contributed by atoms with Gasteiger partial charge in [-0.05, 0) is 43.5 Å². The van der Waals surface area contributed by atoms with Gasteiger partial charge >= 0.3 is 0 Å². The largest absolute Gasteiger partial charge is 0.351 e. The molecule has 28 heavy (non-hydrogen) atoms. The van der Waals surface area contributed by atoms with Gasteiger partial charge in [-0.25, -0.2) is 4.98 Å². The molecule has 144 valence electrons. The number of carbonyl (C=O) groups is 1. The van der Waals surface area contributed by atoms with Crippen LogP contribution in [0.1, 0.15) is 44.7 Å². The van der Waals surface area contributed by atoms with Crippen molar-refractivity contribution in [2.24, 2.45) is 0 Å². The van der Waals surface area contributed by atoms with E-state index in [0.29, 0.717) is 6.42 Å². The van der Waals surface area contributed by atoms with E-state index in [1.807, 2.05) is 36.7 Å². The standard InChI is InChI=1S/C23H24BrN3O/c1-4-22(2,3)26-20(28)15-23(16-9-11-17(24)12-10-16)19-8-6-5-7-18(19)21-25-13-14-27(21)23/h5-14H,4,15H2,1-3H3,(H,26,28). The van der Waals surface area contributed by atoms with Gasteiger partial charge in [0, 0.05) is 28.0 Å². The zero-order valence-corrected chi connectivity index (χ0v) is 18.0. The Balaban J connectivity index is 1.89. The van der Waals surface area contributed by atoms with E-state index in [2.05, 4.69) is 75.8 Å². The van der Waals surface area contributed by atoms with E-state index in [1.54, 1.807) is 0 Å². The number of aromatic nitrogens is 2. The second-order valence-electron chi connectivity index (χ2n) is 8.00. The Labute approximate surface area is 174 Å². The molecule has 4 rings (SSSR count). The summed E-state index contributed by atoms with van der Waals surface area (Å²) in [5.74, 6) is 0.937. The first kappa shape index (κ1) is 18.9. The zero-order chi connectivity index (χ0) is 19.9. The van der Waals surface area contributed by atoms with Crippen molar-refractivity contribution in [3.63, 3.8) is 0 Å². The fourth-order valence-corrected chi connectivity index (χ4v) is 4.29. The Hall–Kier alpha value is -2.40. The van der Waals surface area contributed by atoms with E-state index in [1.165, 1.54) is 0 Å². The van der Waals surface area contributed by atoms with Crippen molar-refractivity contribution in [2.75, 3.05) is 0 Å². The van der Waals surface area contributed by atoms with Gasteiger partial charge in [0.15, 0.2) is 0 Å². The first-order valence-electron chi connectivity index (χ1n) is 9.58. The van der Waals surface area contributed by atoms with Crippen molar-refractivity contribution < 1.29 is 4.79 Å². The Morgan fingerprint density at radius 2 is 1.89 bits per heavy atom. The summed E-state index contributed by atoms with van der Waals surface area (Å²) >= 11 is 3.53. The second-order valence-corrected chi connectivity index (χ2v) is 8.91. The van der Waals surface area contributed by atoms with Gasteiger partial charge in [-0.2, -0.15) is 0 Å².